The molecule has 0 bridgehead atoms. The van der Waals surface area contributed by atoms with Crippen molar-refractivity contribution in [2.45, 2.75) is 31.6 Å². The van der Waals surface area contributed by atoms with E-state index in [1.54, 1.807) is 0 Å². The van der Waals surface area contributed by atoms with E-state index in [1.165, 1.54) is 20.3 Å². The number of rotatable bonds is 8. The number of carbonyl (C=O) groups excluding carboxylic acids is 1. The number of carbonyl (C=O) groups is 1. The third-order valence-corrected chi connectivity index (χ3v) is 5.79. The van der Waals surface area contributed by atoms with Crippen molar-refractivity contribution in [1.29, 1.82) is 0 Å². The fraction of sp³-hybridized carbons (Fsp3) is 0.750. The summed E-state index contributed by atoms with van der Waals surface area (Å²) in [4.78, 5) is 12.4. The van der Waals surface area contributed by atoms with Crippen molar-refractivity contribution in [1.82, 2.24) is 4.31 Å². The monoisotopic (exact) mass is 410 g/mol. The van der Waals surface area contributed by atoms with Crippen LogP contribution in [-0.4, -0.2) is 70.9 Å². The average Bonchev–Trinajstić information content (AvgIpc) is 2.59. The summed E-state index contributed by atoms with van der Waals surface area (Å²) in [5.74, 6) is -4.05. The molecule has 154 valence electrons. The lowest BCUT2D eigenvalue weighted by Gasteiger charge is -2.32. The van der Waals surface area contributed by atoms with Crippen molar-refractivity contribution >= 4 is 21.9 Å². The van der Waals surface area contributed by atoms with Gasteiger partial charge in [0.15, 0.2) is 0 Å². The molecule has 0 unspecified atom stereocenters. The van der Waals surface area contributed by atoms with E-state index in [0.717, 1.165) is 4.31 Å². The van der Waals surface area contributed by atoms with Crippen molar-refractivity contribution in [3.05, 3.63) is 11.8 Å². The standard InChI is InChI=1S/C16H24F2N2O6S/c1-24-8-7-20-14(15(21)26-10-9-25-2)11-13(19-27(20,22)23)12-3-5-16(17,18)6-4-12/h11-12H,3-10H2,1-2H3. The van der Waals surface area contributed by atoms with Gasteiger partial charge in [-0.2, -0.15) is 8.42 Å². The molecule has 0 atom stereocenters. The molecule has 0 amide bonds. The van der Waals surface area contributed by atoms with Gasteiger partial charge in [0.1, 0.15) is 12.3 Å². The van der Waals surface area contributed by atoms with Crippen LogP contribution in [0, 0.1) is 5.92 Å². The zero-order valence-corrected chi connectivity index (χ0v) is 16.1. The predicted octanol–water partition coefficient (Wildman–Crippen LogP) is 1.53. The van der Waals surface area contributed by atoms with Crippen LogP contribution < -0.4 is 0 Å². The third-order valence-electron chi connectivity index (χ3n) is 4.42. The molecule has 1 aliphatic heterocycles. The van der Waals surface area contributed by atoms with Crippen molar-refractivity contribution in [2.24, 2.45) is 10.3 Å². The summed E-state index contributed by atoms with van der Waals surface area (Å²) in [7, 11) is -1.36. The highest BCUT2D eigenvalue weighted by Crippen LogP contribution is 2.38. The van der Waals surface area contributed by atoms with E-state index in [2.05, 4.69) is 4.40 Å². The molecular formula is C16H24F2N2O6S. The Morgan fingerprint density at radius 3 is 2.44 bits per heavy atom. The van der Waals surface area contributed by atoms with E-state index >= 15 is 0 Å². The predicted molar refractivity (Wildman–Crippen MR) is 92.8 cm³/mol. The Morgan fingerprint density at radius 2 is 1.85 bits per heavy atom. The van der Waals surface area contributed by atoms with Gasteiger partial charge in [-0.05, 0) is 18.9 Å². The third kappa shape index (κ3) is 5.69. The van der Waals surface area contributed by atoms with Crippen LogP contribution in [-0.2, 0) is 29.2 Å². The molecule has 11 heteroatoms. The topological polar surface area (TPSA) is 94.5 Å². The smallest absolute Gasteiger partial charge is 0.355 e. The summed E-state index contributed by atoms with van der Waals surface area (Å²) in [5, 5.41) is 0. The number of nitrogens with zero attached hydrogens (tertiary/aromatic N) is 2. The SMILES string of the molecule is COCCOC(=O)C1=CC(C2CCC(F)(F)CC2)=NS(=O)(=O)N1CCOC. The molecule has 0 aromatic heterocycles. The number of hydrogen-bond acceptors (Lipinski definition) is 6. The maximum absolute atomic E-state index is 13.4. The fourth-order valence-electron chi connectivity index (χ4n) is 2.94. The normalized spacial score (nSPS) is 22.1. The van der Waals surface area contributed by atoms with E-state index < -0.39 is 28.0 Å². The van der Waals surface area contributed by atoms with E-state index in [9.17, 15) is 22.0 Å². The Balaban J connectivity index is 2.27. The first-order valence-electron chi connectivity index (χ1n) is 8.57. The van der Waals surface area contributed by atoms with Gasteiger partial charge in [0.05, 0.1) is 25.5 Å². The number of allylic oxidation sites excluding steroid dienone is 1. The highest BCUT2D eigenvalue weighted by atomic mass is 32.2. The van der Waals surface area contributed by atoms with Crippen molar-refractivity contribution in [3.8, 4) is 0 Å². The lowest BCUT2D eigenvalue weighted by atomic mass is 9.83. The van der Waals surface area contributed by atoms with Crippen LogP contribution in [0.4, 0.5) is 8.78 Å². The first-order chi connectivity index (χ1) is 12.7. The molecule has 2 aliphatic rings. The van der Waals surface area contributed by atoms with Gasteiger partial charge in [-0.25, -0.2) is 17.9 Å². The number of methoxy groups -OCH3 is 2. The van der Waals surface area contributed by atoms with Crippen molar-refractivity contribution in [2.75, 3.05) is 40.6 Å². The van der Waals surface area contributed by atoms with E-state index in [4.69, 9.17) is 14.2 Å². The van der Waals surface area contributed by atoms with Gasteiger partial charge in [0, 0.05) is 33.0 Å². The second-order valence-corrected chi connectivity index (χ2v) is 7.87. The van der Waals surface area contributed by atoms with Crippen LogP contribution in [0.1, 0.15) is 25.7 Å². The molecule has 1 aliphatic carbocycles. The van der Waals surface area contributed by atoms with E-state index in [1.807, 2.05) is 0 Å². The lowest BCUT2D eigenvalue weighted by molar-refractivity contribution is -0.141. The molecule has 0 aromatic rings. The Hall–Kier alpha value is -1.59. The molecule has 1 saturated carbocycles. The second-order valence-electron chi connectivity index (χ2n) is 6.35. The summed E-state index contributed by atoms with van der Waals surface area (Å²) in [6, 6.07) is 0. The second kappa shape index (κ2) is 9.07. The van der Waals surface area contributed by atoms with Crippen molar-refractivity contribution in [3.63, 3.8) is 0 Å². The Morgan fingerprint density at radius 1 is 1.22 bits per heavy atom. The number of ether oxygens (including phenoxy) is 3. The lowest BCUT2D eigenvalue weighted by Crippen LogP contribution is -2.40. The molecule has 1 fully saturated rings. The minimum Gasteiger partial charge on any atom is -0.459 e. The zero-order valence-electron chi connectivity index (χ0n) is 15.3. The maximum Gasteiger partial charge on any atom is 0.355 e. The van der Waals surface area contributed by atoms with Gasteiger partial charge in [-0.1, -0.05) is 0 Å². The van der Waals surface area contributed by atoms with Crippen LogP contribution in [0.3, 0.4) is 0 Å². The minimum absolute atomic E-state index is 0.0441. The summed E-state index contributed by atoms with van der Waals surface area (Å²) in [6.45, 7) is 0.0292. The Kier molecular flexibility index (Phi) is 7.29. The maximum atomic E-state index is 13.4. The van der Waals surface area contributed by atoms with Crippen LogP contribution in [0.5, 0.6) is 0 Å². The van der Waals surface area contributed by atoms with E-state index in [-0.39, 0.29) is 63.5 Å². The Labute approximate surface area is 157 Å². The Bertz CT molecular complexity index is 698. The number of halogens is 2. The molecule has 8 nitrogen and oxygen atoms in total. The highest BCUT2D eigenvalue weighted by molar-refractivity contribution is 7.88. The molecular weight excluding hydrogens is 386 g/mol. The average molecular weight is 410 g/mol. The fourth-order valence-corrected chi connectivity index (χ4v) is 4.18. The van der Waals surface area contributed by atoms with Crippen LogP contribution in [0.25, 0.3) is 0 Å². The quantitative estimate of drug-likeness (QED) is 0.445. The minimum atomic E-state index is -4.19. The summed E-state index contributed by atoms with van der Waals surface area (Å²) >= 11 is 0. The number of hydrogen-bond donors (Lipinski definition) is 0. The van der Waals surface area contributed by atoms with Gasteiger partial charge in [0.25, 0.3) is 0 Å². The molecule has 0 spiro atoms. The van der Waals surface area contributed by atoms with Crippen molar-refractivity contribution < 1.29 is 36.2 Å². The van der Waals surface area contributed by atoms with Crippen LogP contribution in [0.2, 0.25) is 0 Å². The summed E-state index contributed by atoms with van der Waals surface area (Å²) in [6.07, 6.45) is 0.834. The first kappa shape index (κ1) is 21.7. The molecule has 0 N–H and O–H groups in total. The zero-order chi connectivity index (χ0) is 20.1. The van der Waals surface area contributed by atoms with E-state index in [0.29, 0.717) is 0 Å². The molecule has 1 heterocycles. The van der Waals surface area contributed by atoms with Gasteiger partial charge in [-0.15, -0.1) is 4.40 Å². The molecule has 0 radical (unpaired) electrons. The van der Waals surface area contributed by atoms with Crippen LogP contribution in [0.15, 0.2) is 16.2 Å². The largest absolute Gasteiger partial charge is 0.459 e. The van der Waals surface area contributed by atoms with Gasteiger partial charge in [-0.3, -0.25) is 0 Å². The van der Waals surface area contributed by atoms with Gasteiger partial charge in [0.2, 0.25) is 5.92 Å². The summed E-state index contributed by atoms with van der Waals surface area (Å²) < 4.78 is 71.2. The first-order valence-corrected chi connectivity index (χ1v) is 9.97. The molecule has 2 rings (SSSR count). The van der Waals surface area contributed by atoms with Gasteiger partial charge < -0.3 is 14.2 Å². The summed E-state index contributed by atoms with van der Waals surface area (Å²) in [5.41, 5.74) is -0.0941. The molecule has 0 saturated heterocycles. The number of esters is 1. The van der Waals surface area contributed by atoms with Crippen LogP contribution >= 0.6 is 0 Å². The van der Waals surface area contributed by atoms with Gasteiger partial charge >= 0.3 is 16.2 Å². The molecule has 27 heavy (non-hydrogen) atoms. The highest BCUT2D eigenvalue weighted by Gasteiger charge is 2.40. The number of alkyl halides is 2. The molecule has 0 aromatic carbocycles.